The van der Waals surface area contributed by atoms with Gasteiger partial charge in [-0.15, -0.1) is 24.0 Å². The van der Waals surface area contributed by atoms with Gasteiger partial charge < -0.3 is 15.4 Å². The SMILES string of the molecule is I.NC(=NCc1c(F)cccc1OC(F)F)N1CCCCCC1. The number of nitrogens with zero attached hydrogens (tertiary/aromatic N) is 2. The quantitative estimate of drug-likeness (QED) is 0.439. The summed E-state index contributed by atoms with van der Waals surface area (Å²) in [4.78, 5) is 6.09. The fourth-order valence-corrected chi connectivity index (χ4v) is 2.46. The van der Waals surface area contributed by atoms with Crippen molar-refractivity contribution in [1.29, 1.82) is 0 Å². The number of nitrogens with two attached hydrogens (primary N) is 1. The molecule has 0 amide bonds. The highest BCUT2D eigenvalue weighted by Crippen LogP contribution is 2.24. The van der Waals surface area contributed by atoms with E-state index in [1.54, 1.807) is 0 Å². The second-order valence-electron chi connectivity index (χ2n) is 5.17. The van der Waals surface area contributed by atoms with Crippen LogP contribution >= 0.6 is 24.0 Å². The smallest absolute Gasteiger partial charge is 0.387 e. The normalized spacial score (nSPS) is 16.0. The lowest BCUT2D eigenvalue weighted by atomic mass is 10.2. The van der Waals surface area contributed by atoms with Crippen molar-refractivity contribution in [1.82, 2.24) is 4.90 Å². The molecular weight excluding hydrogens is 422 g/mol. The zero-order valence-corrected chi connectivity index (χ0v) is 15.0. The summed E-state index contributed by atoms with van der Waals surface area (Å²) >= 11 is 0. The van der Waals surface area contributed by atoms with Crippen LogP contribution in [-0.2, 0) is 6.54 Å². The number of likely N-dealkylation sites (tertiary alicyclic amines) is 1. The summed E-state index contributed by atoms with van der Waals surface area (Å²) in [5.41, 5.74) is 5.92. The van der Waals surface area contributed by atoms with E-state index < -0.39 is 12.4 Å². The first-order valence-electron chi connectivity index (χ1n) is 7.35. The van der Waals surface area contributed by atoms with Crippen LogP contribution in [0, 0.1) is 5.82 Å². The van der Waals surface area contributed by atoms with E-state index in [0.29, 0.717) is 5.96 Å². The van der Waals surface area contributed by atoms with E-state index in [1.165, 1.54) is 18.2 Å². The molecule has 0 bridgehead atoms. The fraction of sp³-hybridized carbons (Fsp3) is 0.533. The average Bonchev–Trinajstić information content (AvgIpc) is 2.75. The van der Waals surface area contributed by atoms with Gasteiger partial charge in [-0.25, -0.2) is 9.38 Å². The molecule has 0 spiro atoms. The van der Waals surface area contributed by atoms with Crippen molar-refractivity contribution in [2.45, 2.75) is 38.8 Å². The molecule has 0 unspecified atom stereocenters. The minimum Gasteiger partial charge on any atom is -0.434 e. The van der Waals surface area contributed by atoms with Gasteiger partial charge in [-0.2, -0.15) is 8.78 Å². The number of halogens is 4. The molecule has 130 valence electrons. The Labute approximate surface area is 150 Å². The van der Waals surface area contributed by atoms with Gasteiger partial charge in [-0.05, 0) is 25.0 Å². The third kappa shape index (κ3) is 6.08. The number of guanidine groups is 1. The number of aliphatic imine (C=N–C) groups is 1. The third-order valence-electron chi connectivity index (χ3n) is 3.62. The molecule has 2 rings (SSSR count). The van der Waals surface area contributed by atoms with Gasteiger partial charge in [-0.1, -0.05) is 18.9 Å². The topological polar surface area (TPSA) is 50.9 Å². The van der Waals surface area contributed by atoms with Crippen molar-refractivity contribution < 1.29 is 17.9 Å². The summed E-state index contributed by atoms with van der Waals surface area (Å²) in [5.74, 6) is -0.527. The number of rotatable bonds is 4. The van der Waals surface area contributed by atoms with E-state index in [2.05, 4.69) is 9.73 Å². The van der Waals surface area contributed by atoms with Gasteiger partial charge in [0.05, 0.1) is 12.1 Å². The Morgan fingerprint density at radius 1 is 1.22 bits per heavy atom. The largest absolute Gasteiger partial charge is 0.434 e. The lowest BCUT2D eigenvalue weighted by Gasteiger charge is -2.21. The van der Waals surface area contributed by atoms with Crippen LogP contribution in [0.4, 0.5) is 13.2 Å². The fourth-order valence-electron chi connectivity index (χ4n) is 2.46. The Morgan fingerprint density at radius 2 is 1.87 bits per heavy atom. The molecule has 1 saturated heterocycles. The van der Waals surface area contributed by atoms with Crippen LogP contribution in [0.25, 0.3) is 0 Å². The Morgan fingerprint density at radius 3 is 2.48 bits per heavy atom. The van der Waals surface area contributed by atoms with Crippen molar-refractivity contribution in [3.8, 4) is 5.75 Å². The third-order valence-corrected chi connectivity index (χ3v) is 3.62. The monoisotopic (exact) mass is 443 g/mol. The summed E-state index contributed by atoms with van der Waals surface area (Å²) in [6.45, 7) is -1.51. The molecule has 0 radical (unpaired) electrons. The summed E-state index contributed by atoms with van der Waals surface area (Å²) in [6, 6.07) is 3.80. The van der Waals surface area contributed by atoms with Crippen LogP contribution in [0.5, 0.6) is 5.75 Å². The minimum absolute atomic E-state index is 0. The zero-order chi connectivity index (χ0) is 15.9. The molecule has 8 heteroatoms. The summed E-state index contributed by atoms with van der Waals surface area (Å²) < 4.78 is 42.8. The first-order valence-corrected chi connectivity index (χ1v) is 7.35. The average molecular weight is 443 g/mol. The van der Waals surface area contributed by atoms with Crippen molar-refractivity contribution in [2.24, 2.45) is 10.7 Å². The molecule has 1 aliphatic rings. The van der Waals surface area contributed by atoms with Crippen molar-refractivity contribution in [2.75, 3.05) is 13.1 Å². The molecule has 0 aromatic heterocycles. The van der Waals surface area contributed by atoms with E-state index in [-0.39, 0.29) is 41.8 Å². The first kappa shape index (κ1) is 19.9. The first-order chi connectivity index (χ1) is 10.6. The van der Waals surface area contributed by atoms with E-state index in [4.69, 9.17) is 5.73 Å². The summed E-state index contributed by atoms with van der Waals surface area (Å²) in [5, 5.41) is 0. The molecule has 2 N–H and O–H groups in total. The van der Waals surface area contributed by atoms with Crippen molar-refractivity contribution >= 4 is 29.9 Å². The van der Waals surface area contributed by atoms with Gasteiger partial charge in [0.1, 0.15) is 11.6 Å². The molecular formula is C15H21F3IN3O. The van der Waals surface area contributed by atoms with Crippen LogP contribution in [0.3, 0.4) is 0 Å². The highest BCUT2D eigenvalue weighted by molar-refractivity contribution is 14.0. The number of ether oxygens (including phenoxy) is 1. The van der Waals surface area contributed by atoms with Crippen molar-refractivity contribution in [3.05, 3.63) is 29.6 Å². The molecule has 1 heterocycles. The number of hydrogen-bond donors (Lipinski definition) is 1. The van der Waals surface area contributed by atoms with Gasteiger partial charge in [0.25, 0.3) is 0 Å². The molecule has 4 nitrogen and oxygen atoms in total. The molecule has 1 aromatic carbocycles. The summed E-state index contributed by atoms with van der Waals surface area (Å²) in [6.07, 6.45) is 4.39. The van der Waals surface area contributed by atoms with Gasteiger partial charge in [0, 0.05) is 13.1 Å². The van der Waals surface area contributed by atoms with Gasteiger partial charge >= 0.3 is 6.61 Å². The Bertz CT molecular complexity index is 521. The molecule has 1 fully saturated rings. The Kier molecular flexibility index (Phi) is 8.49. The van der Waals surface area contributed by atoms with Crippen LogP contribution in [0.1, 0.15) is 31.2 Å². The van der Waals surface area contributed by atoms with E-state index in [1.807, 2.05) is 4.90 Å². The van der Waals surface area contributed by atoms with Crippen LogP contribution < -0.4 is 10.5 Å². The van der Waals surface area contributed by atoms with Gasteiger partial charge in [0.2, 0.25) is 0 Å². The predicted octanol–water partition coefficient (Wildman–Crippen LogP) is 3.74. The van der Waals surface area contributed by atoms with Gasteiger partial charge in [0.15, 0.2) is 5.96 Å². The maximum absolute atomic E-state index is 13.8. The Hall–Kier alpha value is -1.19. The molecule has 23 heavy (non-hydrogen) atoms. The molecule has 1 aromatic rings. The maximum Gasteiger partial charge on any atom is 0.387 e. The lowest BCUT2D eigenvalue weighted by molar-refractivity contribution is -0.0506. The Balaban J connectivity index is 0.00000264. The number of hydrogen-bond acceptors (Lipinski definition) is 2. The maximum atomic E-state index is 13.8. The second-order valence-corrected chi connectivity index (χ2v) is 5.17. The van der Waals surface area contributed by atoms with E-state index in [9.17, 15) is 13.2 Å². The minimum atomic E-state index is -3.01. The highest BCUT2D eigenvalue weighted by Gasteiger charge is 2.15. The second kappa shape index (κ2) is 9.84. The molecule has 0 aliphatic carbocycles. The predicted molar refractivity (Wildman–Crippen MR) is 93.8 cm³/mol. The number of alkyl halides is 2. The van der Waals surface area contributed by atoms with Gasteiger partial charge in [-0.3, -0.25) is 0 Å². The number of benzene rings is 1. The van der Waals surface area contributed by atoms with Crippen LogP contribution in [-0.4, -0.2) is 30.6 Å². The molecule has 0 atom stereocenters. The standard InChI is InChI=1S/C15H20F3N3O.HI/c16-12-6-5-7-13(22-14(17)18)11(12)10-20-15(19)21-8-3-1-2-4-9-21;/h5-7,14H,1-4,8-10H2,(H2,19,20);1H. The molecule has 0 saturated carbocycles. The van der Waals surface area contributed by atoms with E-state index >= 15 is 0 Å². The lowest BCUT2D eigenvalue weighted by Crippen LogP contribution is -2.38. The molecule has 1 aliphatic heterocycles. The van der Waals surface area contributed by atoms with E-state index in [0.717, 1.165) is 38.8 Å². The van der Waals surface area contributed by atoms with Crippen LogP contribution in [0.2, 0.25) is 0 Å². The van der Waals surface area contributed by atoms with Crippen molar-refractivity contribution in [3.63, 3.8) is 0 Å². The van der Waals surface area contributed by atoms with Crippen LogP contribution in [0.15, 0.2) is 23.2 Å². The highest BCUT2D eigenvalue weighted by atomic mass is 127. The summed E-state index contributed by atoms with van der Waals surface area (Å²) in [7, 11) is 0. The zero-order valence-electron chi connectivity index (χ0n) is 12.7.